The number of ether oxygens (including phenoxy) is 3. The molecule has 10 heteroatoms. The third-order valence-corrected chi connectivity index (χ3v) is 7.14. The first-order chi connectivity index (χ1) is 20.7. The minimum absolute atomic E-state index is 0.0354. The Morgan fingerprint density at radius 2 is 1.65 bits per heavy atom. The first kappa shape index (κ1) is 29.3. The molecule has 2 unspecified atom stereocenters. The van der Waals surface area contributed by atoms with Gasteiger partial charge in [-0.2, -0.15) is 0 Å². The van der Waals surface area contributed by atoms with Gasteiger partial charge in [-0.3, -0.25) is 9.79 Å². The minimum Gasteiger partial charge on any atom is -0.493 e. The van der Waals surface area contributed by atoms with Crippen LogP contribution in [0.15, 0.2) is 102 Å². The van der Waals surface area contributed by atoms with Crippen LogP contribution in [0.2, 0.25) is 5.02 Å². The Morgan fingerprint density at radius 1 is 0.907 bits per heavy atom. The summed E-state index contributed by atoms with van der Waals surface area (Å²) in [6.07, 6.45) is 4.00. The maximum atomic E-state index is 13.7. The van der Waals surface area contributed by atoms with Crippen molar-refractivity contribution < 1.29 is 33.3 Å². The molecule has 1 amide bonds. The molecule has 2 atom stereocenters. The quantitative estimate of drug-likeness (QED) is 0.206. The number of halogens is 2. The number of carboxylic acid groups (broad SMARTS) is 1. The van der Waals surface area contributed by atoms with Gasteiger partial charge in [0.25, 0.3) is 5.91 Å². The van der Waals surface area contributed by atoms with Gasteiger partial charge in [-0.15, -0.1) is 0 Å². The molecule has 1 aliphatic heterocycles. The Kier molecular flexibility index (Phi) is 8.45. The van der Waals surface area contributed by atoms with Crippen molar-refractivity contribution in [3.63, 3.8) is 0 Å². The van der Waals surface area contributed by atoms with Crippen molar-refractivity contribution in [2.75, 3.05) is 19.5 Å². The van der Waals surface area contributed by atoms with Gasteiger partial charge in [-0.05, 0) is 83.4 Å². The summed E-state index contributed by atoms with van der Waals surface area (Å²) in [6.45, 7) is 0. The summed E-state index contributed by atoms with van der Waals surface area (Å²) in [6, 6.07) is 21.9. The molecular formula is C33H26ClFN2O6. The molecule has 4 aromatic rings. The van der Waals surface area contributed by atoms with Gasteiger partial charge in [-0.1, -0.05) is 41.9 Å². The van der Waals surface area contributed by atoms with Gasteiger partial charge in [-0.25, -0.2) is 9.18 Å². The molecule has 4 aromatic carbocycles. The molecule has 0 saturated carbocycles. The van der Waals surface area contributed by atoms with E-state index in [1.165, 1.54) is 50.8 Å². The number of carboxylic acids is 1. The van der Waals surface area contributed by atoms with E-state index < -0.39 is 29.3 Å². The van der Waals surface area contributed by atoms with E-state index in [1.807, 2.05) is 0 Å². The van der Waals surface area contributed by atoms with Crippen LogP contribution in [-0.4, -0.2) is 37.4 Å². The van der Waals surface area contributed by atoms with Crippen LogP contribution >= 0.6 is 11.6 Å². The molecule has 8 nitrogen and oxygen atoms in total. The Bertz CT molecular complexity index is 1730. The van der Waals surface area contributed by atoms with Crippen LogP contribution < -0.4 is 19.5 Å². The highest BCUT2D eigenvalue weighted by molar-refractivity contribution is 6.30. The van der Waals surface area contributed by atoms with Gasteiger partial charge in [0.2, 0.25) is 0 Å². The maximum Gasteiger partial charge on any atom is 0.339 e. The second-order valence-electron chi connectivity index (χ2n) is 9.55. The van der Waals surface area contributed by atoms with E-state index in [0.29, 0.717) is 33.2 Å². The number of amides is 1. The highest BCUT2D eigenvalue weighted by atomic mass is 35.5. The monoisotopic (exact) mass is 600 g/mol. The fourth-order valence-corrected chi connectivity index (χ4v) is 4.96. The fourth-order valence-electron chi connectivity index (χ4n) is 4.76. The molecule has 0 aromatic heterocycles. The normalized spacial score (nSPS) is 16.0. The number of rotatable bonds is 10. The Labute approximate surface area is 252 Å². The first-order valence-corrected chi connectivity index (χ1v) is 13.4. The minimum atomic E-state index is -1.42. The summed E-state index contributed by atoms with van der Waals surface area (Å²) in [5, 5.41) is 13.3. The second-order valence-corrected chi connectivity index (χ2v) is 9.98. The lowest BCUT2D eigenvalue weighted by molar-refractivity contribution is -0.119. The molecule has 43 heavy (non-hydrogen) atoms. The average Bonchev–Trinajstić information content (AvgIpc) is 3.52. The lowest BCUT2D eigenvalue weighted by Gasteiger charge is -2.25. The van der Waals surface area contributed by atoms with E-state index in [1.54, 1.807) is 66.7 Å². The third-order valence-electron chi connectivity index (χ3n) is 6.91. The molecule has 0 aliphatic carbocycles. The number of aliphatic imine (C=N–C) groups is 1. The van der Waals surface area contributed by atoms with Crippen LogP contribution in [0.4, 0.5) is 10.1 Å². The number of hydrogen-bond donors (Lipinski definition) is 2. The molecule has 0 bridgehead atoms. The van der Waals surface area contributed by atoms with Crippen LogP contribution in [0.1, 0.15) is 33.2 Å². The van der Waals surface area contributed by atoms with E-state index in [0.717, 1.165) is 0 Å². The van der Waals surface area contributed by atoms with E-state index >= 15 is 0 Å². The number of hydrogen-bond acceptors (Lipinski definition) is 6. The summed E-state index contributed by atoms with van der Waals surface area (Å²) in [5.41, 5.74) is 0.340. The van der Waals surface area contributed by atoms with Crippen molar-refractivity contribution in [2.45, 2.75) is 11.6 Å². The molecule has 2 N–H and O–H groups in total. The summed E-state index contributed by atoms with van der Waals surface area (Å²) < 4.78 is 30.6. The second kappa shape index (κ2) is 12.4. The molecule has 0 spiro atoms. The highest BCUT2D eigenvalue weighted by Gasteiger charge is 2.39. The number of benzene rings is 4. The van der Waals surface area contributed by atoms with Gasteiger partial charge >= 0.3 is 5.97 Å². The molecule has 0 fully saturated rings. The molecule has 0 radical (unpaired) electrons. The van der Waals surface area contributed by atoms with Gasteiger partial charge in [0, 0.05) is 16.9 Å². The van der Waals surface area contributed by atoms with Gasteiger partial charge < -0.3 is 24.6 Å². The smallest absolute Gasteiger partial charge is 0.339 e. The third kappa shape index (κ3) is 6.07. The number of aromatic carboxylic acids is 1. The van der Waals surface area contributed by atoms with Gasteiger partial charge in [0.15, 0.2) is 17.0 Å². The molecule has 5 rings (SSSR count). The molecule has 1 aliphatic rings. The highest BCUT2D eigenvalue weighted by Crippen LogP contribution is 2.38. The van der Waals surface area contributed by atoms with Gasteiger partial charge in [0.1, 0.15) is 23.2 Å². The Morgan fingerprint density at radius 3 is 2.30 bits per heavy atom. The average molecular weight is 601 g/mol. The van der Waals surface area contributed by atoms with Crippen LogP contribution in [-0.2, 0) is 10.3 Å². The fraction of sp³-hybridized carbons (Fsp3) is 0.121. The zero-order chi connectivity index (χ0) is 30.6. The van der Waals surface area contributed by atoms with Crippen molar-refractivity contribution in [1.29, 1.82) is 0 Å². The summed E-state index contributed by atoms with van der Waals surface area (Å²) in [4.78, 5) is 30.5. The number of carbonyl (C=O) groups excluding carboxylic acids is 1. The Balaban J connectivity index is 1.47. The lowest BCUT2D eigenvalue weighted by atomic mass is 9.89. The summed E-state index contributed by atoms with van der Waals surface area (Å²) >= 11 is 6.22. The number of carbonyl (C=O) groups is 2. The van der Waals surface area contributed by atoms with Crippen LogP contribution in [0, 0.1) is 5.82 Å². The van der Waals surface area contributed by atoms with Crippen molar-refractivity contribution >= 4 is 35.4 Å². The van der Waals surface area contributed by atoms with E-state index in [-0.39, 0.29) is 17.0 Å². The van der Waals surface area contributed by atoms with E-state index in [9.17, 15) is 19.1 Å². The first-order valence-electron chi connectivity index (χ1n) is 13.1. The SMILES string of the molecule is COc1ccc(C2(C(=O)Nc3ccc(OC(c4ccc(F)cc4)c4cccc(Cl)c4)c(C(=O)O)c3)C=CC=N2)cc1OC. The number of allylic oxidation sites excluding steroid dienone is 1. The number of methoxy groups -OCH3 is 2. The number of anilines is 1. The predicted octanol–water partition coefficient (Wildman–Crippen LogP) is 6.84. The summed E-state index contributed by atoms with van der Waals surface area (Å²) in [5.74, 6) is -1.26. The summed E-state index contributed by atoms with van der Waals surface area (Å²) in [7, 11) is 3.00. The van der Waals surface area contributed by atoms with Crippen LogP contribution in [0.25, 0.3) is 0 Å². The van der Waals surface area contributed by atoms with Crippen LogP contribution in [0.3, 0.4) is 0 Å². The van der Waals surface area contributed by atoms with E-state index in [2.05, 4.69) is 10.3 Å². The zero-order valence-corrected chi connectivity index (χ0v) is 23.8. The molecule has 218 valence electrons. The zero-order valence-electron chi connectivity index (χ0n) is 23.1. The van der Waals surface area contributed by atoms with Crippen molar-refractivity contribution in [3.05, 3.63) is 130 Å². The largest absolute Gasteiger partial charge is 0.493 e. The predicted molar refractivity (Wildman–Crippen MR) is 161 cm³/mol. The van der Waals surface area contributed by atoms with Crippen LogP contribution in [0.5, 0.6) is 17.2 Å². The number of nitrogens with one attached hydrogen (secondary N) is 1. The van der Waals surface area contributed by atoms with E-state index in [4.69, 9.17) is 25.8 Å². The molecule has 1 heterocycles. The maximum absolute atomic E-state index is 13.7. The molecule has 0 saturated heterocycles. The van der Waals surface area contributed by atoms with Crippen molar-refractivity contribution in [3.8, 4) is 17.2 Å². The Hall–Kier alpha value is -5.15. The standard InChI is InChI=1S/C33H26ClFN2O6/c1-41-28-13-9-22(18-29(28)42-2)33(15-4-16-36-33)32(40)37-25-12-14-27(26(19-25)31(38)39)43-30(20-7-10-24(35)11-8-20)21-5-3-6-23(34)17-21/h3-19,30H,1-2H3,(H,37,40)(H,38,39). The topological polar surface area (TPSA) is 106 Å². The van der Waals surface area contributed by atoms with Gasteiger partial charge in [0.05, 0.1) is 14.2 Å². The molecular weight excluding hydrogens is 575 g/mol. The van der Waals surface area contributed by atoms with Crippen molar-refractivity contribution in [1.82, 2.24) is 0 Å². The lowest BCUT2D eigenvalue weighted by Crippen LogP contribution is -2.36. The van der Waals surface area contributed by atoms with Crippen molar-refractivity contribution in [2.24, 2.45) is 4.99 Å². The number of nitrogens with zero attached hydrogens (tertiary/aromatic N) is 1.